The van der Waals surface area contributed by atoms with Gasteiger partial charge in [0.1, 0.15) is 0 Å². The summed E-state index contributed by atoms with van der Waals surface area (Å²) < 4.78 is 0. The van der Waals surface area contributed by atoms with Crippen molar-refractivity contribution in [1.29, 1.82) is 0 Å². The maximum absolute atomic E-state index is 4.83. The molecule has 30 heavy (non-hydrogen) atoms. The zero-order valence-corrected chi connectivity index (χ0v) is 16.1. The van der Waals surface area contributed by atoms with Crippen molar-refractivity contribution in [3.8, 4) is 0 Å². The second-order valence-electron chi connectivity index (χ2n) is 7.80. The standard InChI is InChI=1S/C28H16N2/c1-2-8-18-17(7-1)13-14-23-24(18)25-21-11-5-3-9-19(21)20-10-4-6-12-22(20)26(25)28-27(23)29-15-16-30-28/h1-16H. The van der Waals surface area contributed by atoms with Crippen molar-refractivity contribution in [2.45, 2.75) is 0 Å². The van der Waals surface area contributed by atoms with E-state index in [1.807, 2.05) is 0 Å². The fourth-order valence-corrected chi connectivity index (χ4v) is 5.10. The van der Waals surface area contributed by atoms with Gasteiger partial charge in [0.05, 0.1) is 11.0 Å². The molecule has 0 aliphatic rings. The topological polar surface area (TPSA) is 25.8 Å². The van der Waals surface area contributed by atoms with Gasteiger partial charge in [0, 0.05) is 33.9 Å². The minimum Gasteiger partial charge on any atom is -0.252 e. The number of hydrogen-bond acceptors (Lipinski definition) is 2. The highest BCUT2D eigenvalue weighted by molar-refractivity contribution is 6.41. The molecule has 138 valence electrons. The lowest BCUT2D eigenvalue weighted by molar-refractivity contribution is 1.31. The van der Waals surface area contributed by atoms with Crippen molar-refractivity contribution in [3.63, 3.8) is 0 Å². The number of nitrogens with zero attached hydrogens (tertiary/aromatic N) is 2. The molecule has 0 saturated carbocycles. The molecule has 2 heteroatoms. The molecular formula is C28H16N2. The van der Waals surface area contributed by atoms with Gasteiger partial charge in [-0.05, 0) is 32.3 Å². The monoisotopic (exact) mass is 380 g/mol. The van der Waals surface area contributed by atoms with E-state index < -0.39 is 0 Å². The van der Waals surface area contributed by atoms with Crippen molar-refractivity contribution in [3.05, 3.63) is 97.3 Å². The number of rotatable bonds is 0. The van der Waals surface area contributed by atoms with Crippen LogP contribution in [0.4, 0.5) is 0 Å². The van der Waals surface area contributed by atoms with Crippen LogP contribution in [0.5, 0.6) is 0 Å². The quantitative estimate of drug-likeness (QED) is 0.256. The molecule has 0 bridgehead atoms. The molecule has 2 nitrogen and oxygen atoms in total. The fraction of sp³-hybridized carbons (Fsp3) is 0. The Balaban J connectivity index is 2.00. The Morgan fingerprint density at radius 3 is 1.67 bits per heavy atom. The minimum atomic E-state index is 0.964. The lowest BCUT2D eigenvalue weighted by Gasteiger charge is -2.16. The number of fused-ring (bicyclic) bond motifs is 13. The minimum absolute atomic E-state index is 0.964. The lowest BCUT2D eigenvalue weighted by Crippen LogP contribution is -1.92. The number of aromatic nitrogens is 2. The van der Waals surface area contributed by atoms with Gasteiger partial charge < -0.3 is 0 Å². The molecule has 0 spiro atoms. The molecule has 6 aromatic carbocycles. The third kappa shape index (κ3) is 1.93. The average molecular weight is 380 g/mol. The zero-order chi connectivity index (χ0) is 19.7. The van der Waals surface area contributed by atoms with Crippen LogP contribution in [0, 0.1) is 0 Å². The van der Waals surface area contributed by atoms with E-state index in [1.165, 1.54) is 48.5 Å². The Morgan fingerprint density at radius 2 is 0.933 bits per heavy atom. The maximum Gasteiger partial charge on any atom is 0.0978 e. The van der Waals surface area contributed by atoms with E-state index in [0.717, 1.165) is 16.4 Å². The summed E-state index contributed by atoms with van der Waals surface area (Å²) >= 11 is 0. The highest BCUT2D eigenvalue weighted by Gasteiger charge is 2.18. The largest absolute Gasteiger partial charge is 0.252 e. The van der Waals surface area contributed by atoms with E-state index in [0.29, 0.717) is 0 Å². The highest BCUT2D eigenvalue weighted by atomic mass is 14.8. The SMILES string of the molecule is c1ccc2c(c1)ccc1c3nccnc3c3c4ccccc4c4ccccc4c3c21. The van der Waals surface area contributed by atoms with Crippen LogP contribution in [0.3, 0.4) is 0 Å². The van der Waals surface area contributed by atoms with E-state index >= 15 is 0 Å². The van der Waals surface area contributed by atoms with E-state index in [9.17, 15) is 0 Å². The Hall–Kier alpha value is -4.04. The maximum atomic E-state index is 4.83. The Morgan fingerprint density at radius 1 is 0.367 bits per heavy atom. The molecule has 0 atom stereocenters. The van der Waals surface area contributed by atoms with E-state index in [4.69, 9.17) is 9.97 Å². The van der Waals surface area contributed by atoms with Gasteiger partial charge in [-0.3, -0.25) is 9.97 Å². The van der Waals surface area contributed by atoms with Gasteiger partial charge in [-0.15, -0.1) is 0 Å². The number of benzene rings is 6. The molecule has 0 amide bonds. The van der Waals surface area contributed by atoms with E-state index in [-0.39, 0.29) is 0 Å². The molecule has 0 radical (unpaired) electrons. The van der Waals surface area contributed by atoms with Crippen molar-refractivity contribution in [2.24, 2.45) is 0 Å². The fourth-order valence-electron chi connectivity index (χ4n) is 5.10. The average Bonchev–Trinajstić information content (AvgIpc) is 2.83. The molecule has 0 saturated heterocycles. The Labute approximate surface area is 172 Å². The Kier molecular flexibility index (Phi) is 3.03. The van der Waals surface area contributed by atoms with Crippen LogP contribution in [-0.4, -0.2) is 9.97 Å². The summed E-state index contributed by atoms with van der Waals surface area (Å²) in [5.41, 5.74) is 1.93. The molecule has 0 aliphatic heterocycles. The summed E-state index contributed by atoms with van der Waals surface area (Å²) in [7, 11) is 0. The molecule has 0 aliphatic carbocycles. The molecule has 0 unspecified atom stereocenters. The molecule has 1 heterocycles. The molecular weight excluding hydrogens is 364 g/mol. The third-order valence-corrected chi connectivity index (χ3v) is 6.30. The van der Waals surface area contributed by atoms with Crippen LogP contribution in [-0.2, 0) is 0 Å². The second kappa shape index (κ2) is 5.74. The summed E-state index contributed by atoms with van der Waals surface area (Å²) in [5, 5.41) is 12.4. The van der Waals surface area contributed by atoms with Crippen molar-refractivity contribution in [1.82, 2.24) is 9.97 Å². The molecule has 7 aromatic rings. The predicted octanol–water partition coefficient (Wildman–Crippen LogP) is 7.40. The first-order valence-corrected chi connectivity index (χ1v) is 10.2. The van der Waals surface area contributed by atoms with Crippen LogP contribution in [0.2, 0.25) is 0 Å². The first-order valence-electron chi connectivity index (χ1n) is 10.2. The zero-order valence-electron chi connectivity index (χ0n) is 16.1. The first-order chi connectivity index (χ1) is 14.9. The van der Waals surface area contributed by atoms with Crippen LogP contribution in [0.25, 0.3) is 64.9 Å². The van der Waals surface area contributed by atoms with Crippen LogP contribution in [0.15, 0.2) is 97.3 Å². The molecule has 7 rings (SSSR count). The number of hydrogen-bond donors (Lipinski definition) is 0. The van der Waals surface area contributed by atoms with Crippen molar-refractivity contribution in [2.75, 3.05) is 0 Å². The van der Waals surface area contributed by atoms with Crippen molar-refractivity contribution < 1.29 is 0 Å². The van der Waals surface area contributed by atoms with Crippen LogP contribution in [0.1, 0.15) is 0 Å². The van der Waals surface area contributed by atoms with Crippen LogP contribution < -0.4 is 0 Å². The van der Waals surface area contributed by atoms with Gasteiger partial charge >= 0.3 is 0 Å². The first kappa shape index (κ1) is 15.8. The summed E-state index contributed by atoms with van der Waals surface area (Å²) in [6.07, 6.45) is 3.60. The smallest absolute Gasteiger partial charge is 0.0978 e. The lowest BCUT2D eigenvalue weighted by atomic mass is 9.88. The summed E-state index contributed by atoms with van der Waals surface area (Å²) in [5.74, 6) is 0. The van der Waals surface area contributed by atoms with Gasteiger partial charge in [-0.25, -0.2) is 0 Å². The summed E-state index contributed by atoms with van der Waals surface area (Å²) in [6, 6.07) is 30.4. The van der Waals surface area contributed by atoms with Gasteiger partial charge in [-0.1, -0.05) is 84.9 Å². The summed E-state index contributed by atoms with van der Waals surface area (Å²) in [6.45, 7) is 0. The van der Waals surface area contributed by atoms with Gasteiger partial charge in [-0.2, -0.15) is 0 Å². The van der Waals surface area contributed by atoms with E-state index in [1.54, 1.807) is 12.4 Å². The normalized spacial score (nSPS) is 12.0. The van der Waals surface area contributed by atoms with Gasteiger partial charge in [0.25, 0.3) is 0 Å². The summed E-state index contributed by atoms with van der Waals surface area (Å²) in [4.78, 5) is 9.62. The molecule has 1 aromatic heterocycles. The van der Waals surface area contributed by atoms with Gasteiger partial charge in [0.15, 0.2) is 0 Å². The highest BCUT2D eigenvalue weighted by Crippen LogP contribution is 2.44. The third-order valence-electron chi connectivity index (χ3n) is 6.30. The Bertz CT molecular complexity index is 1750. The van der Waals surface area contributed by atoms with Crippen molar-refractivity contribution >= 4 is 64.9 Å². The van der Waals surface area contributed by atoms with Gasteiger partial charge in [0.2, 0.25) is 0 Å². The van der Waals surface area contributed by atoms with Crippen LogP contribution >= 0.6 is 0 Å². The van der Waals surface area contributed by atoms with E-state index in [2.05, 4.69) is 84.9 Å². The molecule has 0 N–H and O–H groups in total. The molecule has 0 fully saturated rings. The second-order valence-corrected chi connectivity index (χ2v) is 7.80. The predicted molar refractivity (Wildman–Crippen MR) is 127 cm³/mol.